The van der Waals surface area contributed by atoms with E-state index in [1.54, 1.807) is 99.2 Å². The Kier molecular flexibility index (Phi) is 28.2. The van der Waals surface area contributed by atoms with Crippen LogP contribution in [-0.4, -0.2) is 188 Å². The summed E-state index contributed by atoms with van der Waals surface area (Å²) in [5.74, 6) is -11.3. The van der Waals surface area contributed by atoms with Gasteiger partial charge in [0.15, 0.2) is 0 Å². The molecule has 554 valence electrons. The third-order valence-electron chi connectivity index (χ3n) is 18.4. The van der Waals surface area contributed by atoms with E-state index in [-0.39, 0.29) is 58.0 Å². The van der Waals surface area contributed by atoms with E-state index in [1.807, 2.05) is 36.4 Å². The molecule has 4 aromatic carbocycles. The zero-order valence-electron chi connectivity index (χ0n) is 58.4. The number of aliphatic hydroxyl groups is 1. The van der Waals surface area contributed by atoms with Gasteiger partial charge in [0.1, 0.15) is 60.4 Å². The van der Waals surface area contributed by atoms with Gasteiger partial charge in [-0.3, -0.25) is 62.3 Å². The van der Waals surface area contributed by atoms with Crippen LogP contribution in [0.3, 0.4) is 0 Å². The fourth-order valence-electron chi connectivity index (χ4n) is 12.6. The van der Waals surface area contributed by atoms with Gasteiger partial charge < -0.3 is 95.3 Å². The Morgan fingerprint density at radius 3 is 1.49 bits per heavy atom. The second kappa shape index (κ2) is 37.4. The van der Waals surface area contributed by atoms with Crippen molar-refractivity contribution in [3.05, 3.63) is 144 Å². The second-order valence-electron chi connectivity index (χ2n) is 26.1. The average Bonchev–Trinajstić information content (AvgIpc) is 1.59. The van der Waals surface area contributed by atoms with Crippen molar-refractivity contribution in [2.45, 2.75) is 159 Å². The number of nitrogens with one attached hydrogen (secondary N) is 13. The first-order valence-corrected chi connectivity index (χ1v) is 34.7. The Balaban J connectivity index is 1.05. The van der Waals surface area contributed by atoms with Crippen LogP contribution in [0.2, 0.25) is 0 Å². The number of para-hydroxylation sites is 3. The normalized spacial score (nSPS) is 15.6. The predicted molar refractivity (Wildman–Crippen MR) is 385 cm³/mol. The number of hydrogen-bond donors (Lipinski definition) is 17. The molecule has 0 aliphatic carbocycles. The third-order valence-corrected chi connectivity index (χ3v) is 18.4. The van der Waals surface area contributed by atoms with Crippen molar-refractivity contribution in [2.75, 3.05) is 26.2 Å². The number of nitrogens with zero attached hydrogens (tertiary/aromatic N) is 1. The van der Waals surface area contributed by atoms with E-state index >= 15 is 19.2 Å². The number of aliphatic hydroxyl groups excluding tert-OH is 1. The number of carbonyl (C=O) groups excluding carboxylic acids is 13. The van der Waals surface area contributed by atoms with E-state index in [0.717, 1.165) is 17.8 Å². The minimum absolute atomic E-state index is 0.0284. The summed E-state index contributed by atoms with van der Waals surface area (Å²) in [6, 6.07) is 16.7. The average molecular weight is 1430 g/mol. The van der Waals surface area contributed by atoms with Crippen LogP contribution in [0.1, 0.15) is 94.9 Å². The number of rotatable bonds is 38. The SMILES string of the molecule is CC[C@H](C)[C@H](NC(=O)CNC(=O)[C@@H]1CCCN1C(=O)[C@H](Cc1c[nH]c2ccccc12)NC(=O)[C@H](Cc1c[nH]c2ccccc12)NC(=O)[C@H](CCCCN)NC(=O)[C@H](Cc1c[nH]c2ccccc12)NC(=O)[C@H](CC(N)=O)NC(=O)[C@H](CO)NC(C)=O)C(=O)N[C@@H](Cc1ccccc1)C(=O)N[C@@H](C)C(N)=O. The smallest absolute Gasteiger partial charge is 0.246 e. The molecule has 1 saturated heterocycles. The topological polar surface area (TPSA) is 491 Å². The lowest BCUT2D eigenvalue weighted by molar-refractivity contribution is -0.142. The number of fused-ring (bicyclic) bond motifs is 3. The lowest BCUT2D eigenvalue weighted by atomic mass is 9.97. The molecular formula is C73H93N17O14. The maximum atomic E-state index is 15.5. The Labute approximate surface area is 599 Å². The van der Waals surface area contributed by atoms with Crippen LogP contribution in [0.4, 0.5) is 0 Å². The fourth-order valence-corrected chi connectivity index (χ4v) is 12.6. The molecule has 3 aromatic heterocycles. The Bertz CT molecular complexity index is 4230. The fraction of sp³-hybridized carbons (Fsp3) is 0.411. The summed E-state index contributed by atoms with van der Waals surface area (Å²) in [4.78, 5) is 192. The molecule has 13 amide bonds. The number of unbranched alkanes of at least 4 members (excludes halogenated alkanes) is 1. The molecule has 1 aliphatic rings. The molecule has 0 radical (unpaired) electrons. The van der Waals surface area contributed by atoms with Crippen molar-refractivity contribution in [3.8, 4) is 0 Å². The number of benzene rings is 4. The molecule has 4 heterocycles. The number of likely N-dealkylation sites (tertiary alicyclic amines) is 1. The van der Waals surface area contributed by atoms with Gasteiger partial charge in [0.05, 0.1) is 19.6 Å². The first-order valence-electron chi connectivity index (χ1n) is 34.7. The molecule has 11 atom stereocenters. The van der Waals surface area contributed by atoms with Crippen LogP contribution >= 0.6 is 0 Å². The van der Waals surface area contributed by atoms with Crippen molar-refractivity contribution < 1.29 is 67.4 Å². The van der Waals surface area contributed by atoms with Gasteiger partial charge in [0.2, 0.25) is 76.8 Å². The van der Waals surface area contributed by atoms with Crippen molar-refractivity contribution in [1.82, 2.24) is 73.0 Å². The van der Waals surface area contributed by atoms with Gasteiger partial charge >= 0.3 is 0 Å². The molecule has 1 aliphatic heterocycles. The van der Waals surface area contributed by atoms with Gasteiger partial charge in [-0.25, -0.2) is 0 Å². The summed E-state index contributed by atoms with van der Waals surface area (Å²) in [6.45, 7) is 4.77. The molecule has 8 rings (SSSR count). The van der Waals surface area contributed by atoms with Gasteiger partial charge in [-0.05, 0) is 91.9 Å². The standard InChI is InChI=1S/C73H93N17O14/c1-5-40(2)63(72(103)87-54(30-43-18-7-6-8-19-43)66(97)81-41(3)64(76)95)89-62(94)38-80-71(102)60-27-17-29-90(60)73(104)58(33-46-37-79-52-25-14-11-22-49(46)52)88-68(99)56(32-45-36-78-51-24-13-10-21-48(45)51)84-65(96)53(26-15-16-28-74)83-67(98)55(31-44-35-77-50-23-12-9-20-47(44)50)85-69(100)57(34-61(75)93)86-70(101)59(39-91)82-42(4)92/h6-14,18-25,35-37,40-41,53-60,63,77-79,91H,5,15-17,26-34,38-39,74H2,1-4H3,(H2,75,93)(H2,76,95)(H,80,102)(H,81,97)(H,82,92)(H,83,98)(H,84,96)(H,85,100)(H,86,101)(H,87,103)(H,88,99)(H,89,94)/t40-,41-,53-,54-,55-,56-,57-,58-,59-,60-,63-/m0/s1. The number of amides is 13. The van der Waals surface area contributed by atoms with Crippen molar-refractivity contribution in [1.29, 1.82) is 0 Å². The number of aromatic amines is 3. The maximum absolute atomic E-state index is 15.5. The zero-order valence-corrected chi connectivity index (χ0v) is 58.4. The molecule has 104 heavy (non-hydrogen) atoms. The number of aromatic nitrogens is 3. The minimum Gasteiger partial charge on any atom is -0.394 e. The zero-order chi connectivity index (χ0) is 75.1. The van der Waals surface area contributed by atoms with E-state index < -0.39 is 163 Å². The van der Waals surface area contributed by atoms with Gasteiger partial charge in [0.25, 0.3) is 0 Å². The molecular weight excluding hydrogens is 1340 g/mol. The molecule has 7 aromatic rings. The molecule has 0 spiro atoms. The van der Waals surface area contributed by atoms with Crippen LogP contribution in [0.5, 0.6) is 0 Å². The Hall–Kier alpha value is -11.5. The van der Waals surface area contributed by atoms with Gasteiger partial charge in [-0.15, -0.1) is 0 Å². The molecule has 0 saturated carbocycles. The summed E-state index contributed by atoms with van der Waals surface area (Å²) in [7, 11) is 0. The number of hydrogen-bond acceptors (Lipinski definition) is 15. The van der Waals surface area contributed by atoms with Gasteiger partial charge in [-0.2, -0.15) is 0 Å². The Morgan fingerprint density at radius 1 is 0.529 bits per heavy atom. The molecule has 31 nitrogen and oxygen atoms in total. The van der Waals surface area contributed by atoms with Crippen molar-refractivity contribution in [3.63, 3.8) is 0 Å². The van der Waals surface area contributed by atoms with Crippen molar-refractivity contribution in [2.24, 2.45) is 23.1 Å². The number of primary amides is 2. The summed E-state index contributed by atoms with van der Waals surface area (Å²) in [6.07, 6.45) is 5.21. The van der Waals surface area contributed by atoms with Gasteiger partial charge in [-0.1, -0.05) is 105 Å². The highest BCUT2D eigenvalue weighted by molar-refractivity contribution is 6.01. The lowest BCUT2D eigenvalue weighted by Crippen LogP contribution is -2.61. The quantitative estimate of drug-likeness (QED) is 0.0216. The van der Waals surface area contributed by atoms with E-state index in [9.17, 15) is 48.3 Å². The third kappa shape index (κ3) is 21.3. The molecule has 1 fully saturated rings. The monoisotopic (exact) mass is 1430 g/mol. The Morgan fingerprint density at radius 2 is 0.981 bits per heavy atom. The van der Waals surface area contributed by atoms with Crippen LogP contribution in [-0.2, 0) is 88.0 Å². The summed E-state index contributed by atoms with van der Waals surface area (Å²) in [5, 5.41) is 38.4. The van der Waals surface area contributed by atoms with Crippen LogP contribution in [0.25, 0.3) is 32.7 Å². The first-order chi connectivity index (χ1) is 49.9. The molecule has 20 N–H and O–H groups in total. The molecule has 0 bridgehead atoms. The highest BCUT2D eigenvalue weighted by Crippen LogP contribution is 2.26. The van der Waals surface area contributed by atoms with Crippen LogP contribution in [0, 0.1) is 5.92 Å². The van der Waals surface area contributed by atoms with Crippen LogP contribution < -0.4 is 70.4 Å². The summed E-state index contributed by atoms with van der Waals surface area (Å²) in [5.41, 5.74) is 21.4. The summed E-state index contributed by atoms with van der Waals surface area (Å²) >= 11 is 0. The van der Waals surface area contributed by atoms with E-state index in [2.05, 4.69) is 68.1 Å². The minimum atomic E-state index is -1.74. The maximum Gasteiger partial charge on any atom is 0.246 e. The number of nitrogens with two attached hydrogens (primary N) is 3. The van der Waals surface area contributed by atoms with Gasteiger partial charge in [0, 0.05) is 90.5 Å². The number of H-pyrrole nitrogens is 3. The highest BCUT2D eigenvalue weighted by Gasteiger charge is 2.41. The van der Waals surface area contributed by atoms with E-state index in [1.165, 1.54) is 11.8 Å². The van der Waals surface area contributed by atoms with E-state index in [0.29, 0.717) is 63.3 Å². The first kappa shape index (κ1) is 78.3. The van der Waals surface area contributed by atoms with Crippen molar-refractivity contribution >= 4 is 110 Å². The molecule has 0 unspecified atom stereocenters. The molecule has 31 heteroatoms. The predicted octanol–water partition coefficient (Wildman–Crippen LogP) is -0.561. The van der Waals surface area contributed by atoms with Crippen LogP contribution in [0.15, 0.2) is 122 Å². The number of carbonyl (C=O) groups is 13. The highest BCUT2D eigenvalue weighted by atomic mass is 16.3. The largest absolute Gasteiger partial charge is 0.394 e. The summed E-state index contributed by atoms with van der Waals surface area (Å²) < 4.78 is 0. The lowest BCUT2D eigenvalue weighted by Gasteiger charge is -2.30. The van der Waals surface area contributed by atoms with E-state index in [4.69, 9.17) is 17.2 Å². The second-order valence-corrected chi connectivity index (χ2v) is 26.1.